The highest BCUT2D eigenvalue weighted by atomic mass is 16.5. The van der Waals surface area contributed by atoms with E-state index in [9.17, 15) is 5.11 Å². The molecule has 0 radical (unpaired) electrons. The average molecular weight is 285 g/mol. The van der Waals surface area contributed by atoms with Crippen LogP contribution >= 0.6 is 0 Å². The fraction of sp³-hybridized carbons (Fsp3) is 1.00. The lowest BCUT2D eigenvalue weighted by molar-refractivity contribution is -0.0942. The number of ether oxygens (including phenoxy) is 2. The molecule has 4 nitrogen and oxygen atoms in total. The number of hydrogen-bond acceptors (Lipinski definition) is 4. The van der Waals surface area contributed by atoms with E-state index in [-0.39, 0.29) is 5.60 Å². The second-order valence-electron chi connectivity index (χ2n) is 6.47. The van der Waals surface area contributed by atoms with Crippen molar-refractivity contribution in [3.63, 3.8) is 0 Å². The molecule has 1 saturated heterocycles. The summed E-state index contributed by atoms with van der Waals surface area (Å²) in [6.07, 6.45) is 6.42. The first-order valence-electron chi connectivity index (χ1n) is 8.30. The Morgan fingerprint density at radius 2 is 2.05 bits per heavy atom. The molecule has 2 aliphatic rings. The van der Waals surface area contributed by atoms with Crippen LogP contribution < -0.4 is 5.32 Å². The van der Waals surface area contributed by atoms with Crippen molar-refractivity contribution in [3.05, 3.63) is 0 Å². The van der Waals surface area contributed by atoms with Gasteiger partial charge in [-0.25, -0.2) is 0 Å². The summed E-state index contributed by atoms with van der Waals surface area (Å²) in [4.78, 5) is 0. The molecular weight excluding hydrogens is 254 g/mol. The molecule has 0 spiro atoms. The largest absolute Gasteiger partial charge is 0.389 e. The molecular formula is C16H31NO3. The van der Waals surface area contributed by atoms with Gasteiger partial charge in [-0.1, -0.05) is 13.8 Å². The Hall–Kier alpha value is -0.160. The summed E-state index contributed by atoms with van der Waals surface area (Å²) in [5.74, 6) is 0.764. The van der Waals surface area contributed by atoms with Gasteiger partial charge < -0.3 is 19.9 Å². The predicted octanol–water partition coefficient (Wildman–Crippen LogP) is 2.10. The van der Waals surface area contributed by atoms with Crippen molar-refractivity contribution in [1.82, 2.24) is 5.32 Å². The van der Waals surface area contributed by atoms with Crippen LogP contribution in [0.3, 0.4) is 0 Å². The minimum absolute atomic E-state index is 0.0450. The highest BCUT2D eigenvalue weighted by Crippen LogP contribution is 2.31. The van der Waals surface area contributed by atoms with Crippen LogP contribution in [0.25, 0.3) is 0 Å². The first-order chi connectivity index (χ1) is 9.67. The smallest absolute Gasteiger partial charge is 0.0897 e. The Kier molecular flexibility index (Phi) is 6.27. The standard InChI is InChI=1S/C16H31NO3/c1-3-16(4-2)9-14(7-8-20-16)17-10-15(18)12-19-11-13-5-6-13/h13-15,17-18H,3-12H2,1-2H3. The molecule has 118 valence electrons. The SMILES string of the molecule is CCC1(CC)CC(NCC(O)COCC2CC2)CCO1. The van der Waals surface area contributed by atoms with Crippen LogP contribution in [0.2, 0.25) is 0 Å². The Morgan fingerprint density at radius 3 is 2.70 bits per heavy atom. The highest BCUT2D eigenvalue weighted by Gasteiger charge is 2.34. The topological polar surface area (TPSA) is 50.7 Å². The van der Waals surface area contributed by atoms with Crippen LogP contribution in [0, 0.1) is 5.92 Å². The quantitative estimate of drug-likeness (QED) is 0.681. The number of rotatable bonds is 9. The molecule has 1 heterocycles. The van der Waals surface area contributed by atoms with Gasteiger partial charge in [-0.15, -0.1) is 0 Å². The van der Waals surface area contributed by atoms with Gasteiger partial charge in [0, 0.05) is 25.8 Å². The lowest BCUT2D eigenvalue weighted by Crippen LogP contribution is -2.48. The van der Waals surface area contributed by atoms with Gasteiger partial charge in [0.25, 0.3) is 0 Å². The van der Waals surface area contributed by atoms with Crippen LogP contribution in [0.4, 0.5) is 0 Å². The lowest BCUT2D eigenvalue weighted by Gasteiger charge is -2.40. The van der Waals surface area contributed by atoms with Crippen molar-refractivity contribution >= 4 is 0 Å². The predicted molar refractivity (Wildman–Crippen MR) is 79.8 cm³/mol. The van der Waals surface area contributed by atoms with Crippen LogP contribution in [0.1, 0.15) is 52.4 Å². The van der Waals surface area contributed by atoms with Gasteiger partial charge in [0.05, 0.1) is 18.3 Å². The maximum absolute atomic E-state index is 9.94. The zero-order valence-electron chi connectivity index (χ0n) is 13.1. The molecule has 0 amide bonds. The molecule has 2 unspecified atom stereocenters. The number of aliphatic hydroxyl groups is 1. The van der Waals surface area contributed by atoms with Crippen LogP contribution in [0.5, 0.6) is 0 Å². The van der Waals surface area contributed by atoms with E-state index in [1.807, 2.05) is 0 Å². The maximum Gasteiger partial charge on any atom is 0.0897 e. The highest BCUT2D eigenvalue weighted by molar-refractivity contribution is 4.88. The minimum Gasteiger partial charge on any atom is -0.389 e. The molecule has 20 heavy (non-hydrogen) atoms. The number of hydrogen-bond donors (Lipinski definition) is 2. The summed E-state index contributed by atoms with van der Waals surface area (Å²) in [5.41, 5.74) is 0.0450. The molecule has 1 saturated carbocycles. The third-order valence-corrected chi connectivity index (χ3v) is 4.78. The molecule has 0 aromatic heterocycles. The molecule has 2 N–H and O–H groups in total. The molecule has 2 rings (SSSR count). The van der Waals surface area contributed by atoms with Gasteiger partial charge >= 0.3 is 0 Å². The molecule has 4 heteroatoms. The Morgan fingerprint density at radius 1 is 1.30 bits per heavy atom. The summed E-state index contributed by atoms with van der Waals surface area (Å²) >= 11 is 0. The lowest BCUT2D eigenvalue weighted by atomic mass is 9.86. The van der Waals surface area contributed by atoms with Crippen molar-refractivity contribution in [2.75, 3.05) is 26.4 Å². The van der Waals surface area contributed by atoms with E-state index in [0.717, 1.165) is 44.8 Å². The summed E-state index contributed by atoms with van der Waals surface area (Å²) in [7, 11) is 0. The molecule has 2 fully saturated rings. The summed E-state index contributed by atoms with van der Waals surface area (Å²) in [5, 5.41) is 13.4. The number of nitrogens with one attached hydrogen (secondary N) is 1. The van der Waals surface area contributed by atoms with Crippen LogP contribution in [-0.4, -0.2) is 49.2 Å². The number of aliphatic hydroxyl groups excluding tert-OH is 1. The first kappa shape index (κ1) is 16.2. The van der Waals surface area contributed by atoms with Gasteiger partial charge in [-0.3, -0.25) is 0 Å². The summed E-state index contributed by atoms with van der Waals surface area (Å²) in [6.45, 7) is 7.13. The van der Waals surface area contributed by atoms with Crippen molar-refractivity contribution in [3.8, 4) is 0 Å². The second-order valence-corrected chi connectivity index (χ2v) is 6.47. The van der Waals surface area contributed by atoms with Gasteiger partial charge in [0.1, 0.15) is 0 Å². The van der Waals surface area contributed by atoms with Gasteiger partial charge in [-0.2, -0.15) is 0 Å². The van der Waals surface area contributed by atoms with Gasteiger partial charge in [-0.05, 0) is 44.4 Å². The zero-order valence-corrected chi connectivity index (χ0v) is 13.1. The summed E-state index contributed by atoms with van der Waals surface area (Å²) < 4.78 is 11.5. The van der Waals surface area contributed by atoms with E-state index in [2.05, 4.69) is 19.2 Å². The Bertz CT molecular complexity index is 277. The Labute approximate surface area is 123 Å². The second kappa shape index (κ2) is 7.74. The van der Waals surface area contributed by atoms with Crippen LogP contribution in [0.15, 0.2) is 0 Å². The van der Waals surface area contributed by atoms with Gasteiger partial charge in [0.15, 0.2) is 0 Å². The third-order valence-electron chi connectivity index (χ3n) is 4.78. The zero-order chi connectivity index (χ0) is 14.4. The molecule has 0 aromatic rings. The molecule has 2 atom stereocenters. The third kappa shape index (κ3) is 4.99. The first-order valence-corrected chi connectivity index (χ1v) is 8.30. The Balaban J connectivity index is 1.61. The van der Waals surface area contributed by atoms with Crippen molar-refractivity contribution in [1.29, 1.82) is 0 Å². The van der Waals surface area contributed by atoms with E-state index in [1.165, 1.54) is 12.8 Å². The van der Waals surface area contributed by atoms with E-state index in [0.29, 0.717) is 19.2 Å². The maximum atomic E-state index is 9.94. The fourth-order valence-electron chi connectivity index (χ4n) is 2.96. The normalized spacial score (nSPS) is 27.4. The van der Waals surface area contributed by atoms with Crippen LogP contribution in [-0.2, 0) is 9.47 Å². The molecule has 0 bridgehead atoms. The minimum atomic E-state index is -0.394. The van der Waals surface area contributed by atoms with Gasteiger partial charge in [0.2, 0.25) is 0 Å². The van der Waals surface area contributed by atoms with E-state index < -0.39 is 6.10 Å². The average Bonchev–Trinajstić information content (AvgIpc) is 3.29. The summed E-state index contributed by atoms with van der Waals surface area (Å²) in [6, 6.07) is 0.460. The van der Waals surface area contributed by atoms with Crippen molar-refractivity contribution in [2.24, 2.45) is 5.92 Å². The molecule has 1 aliphatic heterocycles. The monoisotopic (exact) mass is 285 g/mol. The fourth-order valence-corrected chi connectivity index (χ4v) is 2.96. The van der Waals surface area contributed by atoms with E-state index in [4.69, 9.17) is 9.47 Å². The van der Waals surface area contributed by atoms with E-state index >= 15 is 0 Å². The molecule has 0 aromatic carbocycles. The van der Waals surface area contributed by atoms with E-state index in [1.54, 1.807) is 0 Å². The van der Waals surface area contributed by atoms with Crippen molar-refractivity contribution < 1.29 is 14.6 Å². The van der Waals surface area contributed by atoms with Crippen molar-refractivity contribution in [2.45, 2.75) is 70.1 Å². The molecule has 1 aliphatic carbocycles.